The molecule has 2 aromatic carbocycles. The van der Waals surface area contributed by atoms with Crippen molar-refractivity contribution in [2.75, 3.05) is 32.6 Å². The van der Waals surface area contributed by atoms with Crippen molar-refractivity contribution in [3.63, 3.8) is 0 Å². The van der Waals surface area contributed by atoms with Crippen molar-refractivity contribution in [3.05, 3.63) is 52.5 Å². The number of halogens is 1. The minimum atomic E-state index is -3.38. The first-order valence-electron chi connectivity index (χ1n) is 11.7. The third-order valence-corrected chi connectivity index (χ3v) is 9.76. The van der Waals surface area contributed by atoms with Crippen LogP contribution in [0.25, 0.3) is 10.1 Å². The number of nitrogens with one attached hydrogen (secondary N) is 1. The van der Waals surface area contributed by atoms with Gasteiger partial charge in [-0.2, -0.15) is 0 Å². The average molecular weight is 554 g/mol. The van der Waals surface area contributed by atoms with Gasteiger partial charge in [0, 0.05) is 16.3 Å². The molecule has 1 heterocycles. The number of sulfone groups is 1. The van der Waals surface area contributed by atoms with Crippen molar-refractivity contribution in [2.24, 2.45) is 0 Å². The van der Waals surface area contributed by atoms with Crippen LogP contribution in [0.1, 0.15) is 30.9 Å². The van der Waals surface area contributed by atoms with Gasteiger partial charge in [0.25, 0.3) is 0 Å². The number of carbonyl (C=O) groups is 1. The molecule has 0 bridgehead atoms. The van der Waals surface area contributed by atoms with E-state index >= 15 is 0 Å². The fourth-order valence-corrected chi connectivity index (χ4v) is 7.13. The maximum absolute atomic E-state index is 13.0. The summed E-state index contributed by atoms with van der Waals surface area (Å²) in [4.78, 5) is 11.3. The van der Waals surface area contributed by atoms with Gasteiger partial charge in [-0.25, -0.2) is 13.2 Å². The standard InChI is InChI=1S/C26H32ClNO6S2/c1-5-20(34-21-8-9-23(17(2)13-21)33-16-25(29)32-4)15-28-11-6-12-36(30,31)26-18(3)22-14-19(27)7-10-24(22)35-26/h7-10,13-14,20,28H,5-6,11-12,15-16H2,1-4H3. The quantitative estimate of drug-likeness (QED) is 0.226. The summed E-state index contributed by atoms with van der Waals surface area (Å²) >= 11 is 7.38. The molecular formula is C26H32ClNO6S2. The molecule has 0 saturated carbocycles. The number of rotatable bonds is 13. The highest BCUT2D eigenvalue weighted by Crippen LogP contribution is 2.36. The topological polar surface area (TPSA) is 90.9 Å². The number of hydrogen-bond acceptors (Lipinski definition) is 8. The molecule has 0 spiro atoms. The van der Waals surface area contributed by atoms with Crippen molar-refractivity contribution in [2.45, 2.75) is 43.9 Å². The second kappa shape index (κ2) is 12.8. The van der Waals surface area contributed by atoms with Gasteiger partial charge in [0.15, 0.2) is 16.4 Å². The number of thiophene rings is 1. The van der Waals surface area contributed by atoms with Crippen LogP contribution < -0.4 is 14.8 Å². The first kappa shape index (κ1) is 28.2. The number of methoxy groups -OCH3 is 1. The van der Waals surface area contributed by atoms with Crippen molar-refractivity contribution in [1.29, 1.82) is 0 Å². The lowest BCUT2D eigenvalue weighted by Crippen LogP contribution is -2.32. The van der Waals surface area contributed by atoms with E-state index in [1.165, 1.54) is 18.4 Å². The number of aryl methyl sites for hydroxylation is 2. The van der Waals surface area contributed by atoms with Crippen LogP contribution in [0.2, 0.25) is 5.02 Å². The highest BCUT2D eigenvalue weighted by molar-refractivity contribution is 7.93. The second-order valence-corrected chi connectivity index (χ2v) is 12.3. The van der Waals surface area contributed by atoms with Crippen LogP contribution in [0.4, 0.5) is 0 Å². The van der Waals surface area contributed by atoms with Crippen molar-refractivity contribution in [1.82, 2.24) is 5.32 Å². The van der Waals surface area contributed by atoms with Crippen molar-refractivity contribution in [3.8, 4) is 11.5 Å². The number of ether oxygens (including phenoxy) is 3. The summed E-state index contributed by atoms with van der Waals surface area (Å²) in [6, 6.07) is 10.9. The van der Waals surface area contributed by atoms with E-state index in [2.05, 4.69) is 10.1 Å². The summed E-state index contributed by atoms with van der Waals surface area (Å²) in [5, 5.41) is 4.81. The maximum Gasteiger partial charge on any atom is 0.343 e. The zero-order valence-corrected chi connectivity index (χ0v) is 23.3. The van der Waals surface area contributed by atoms with Gasteiger partial charge in [0.2, 0.25) is 0 Å². The third kappa shape index (κ3) is 7.35. The third-order valence-electron chi connectivity index (χ3n) is 5.75. The second-order valence-electron chi connectivity index (χ2n) is 8.47. The highest BCUT2D eigenvalue weighted by atomic mass is 35.5. The van der Waals surface area contributed by atoms with Gasteiger partial charge in [-0.3, -0.25) is 0 Å². The molecule has 0 radical (unpaired) electrons. The molecule has 196 valence electrons. The molecule has 0 amide bonds. The number of fused-ring (bicyclic) bond motifs is 1. The number of carbonyl (C=O) groups excluding carboxylic acids is 1. The Balaban J connectivity index is 1.48. The number of esters is 1. The molecule has 0 aliphatic carbocycles. The summed E-state index contributed by atoms with van der Waals surface area (Å²) in [5.41, 5.74) is 1.62. The predicted molar refractivity (Wildman–Crippen MR) is 145 cm³/mol. The maximum atomic E-state index is 13.0. The zero-order chi connectivity index (χ0) is 26.3. The smallest absolute Gasteiger partial charge is 0.343 e. The Morgan fingerprint density at radius 1 is 1.17 bits per heavy atom. The monoisotopic (exact) mass is 553 g/mol. The predicted octanol–water partition coefficient (Wildman–Crippen LogP) is 5.33. The van der Waals surface area contributed by atoms with Crippen molar-refractivity contribution >= 4 is 48.8 Å². The van der Waals surface area contributed by atoms with Gasteiger partial charge in [-0.15, -0.1) is 11.3 Å². The average Bonchev–Trinajstić information content (AvgIpc) is 3.18. The molecule has 1 N–H and O–H groups in total. The van der Waals surface area contributed by atoms with Gasteiger partial charge in [-0.1, -0.05) is 18.5 Å². The van der Waals surface area contributed by atoms with Crippen LogP contribution in [0.5, 0.6) is 11.5 Å². The lowest BCUT2D eigenvalue weighted by atomic mass is 10.2. The Morgan fingerprint density at radius 3 is 2.64 bits per heavy atom. The van der Waals surface area contributed by atoms with Crippen LogP contribution in [-0.4, -0.2) is 53.1 Å². The summed E-state index contributed by atoms with van der Waals surface area (Å²) in [6.45, 7) is 6.76. The Hall–Kier alpha value is -2.33. The fraction of sp³-hybridized carbons (Fsp3) is 0.423. The van der Waals surface area contributed by atoms with Crippen LogP contribution in [-0.2, 0) is 19.4 Å². The molecule has 7 nitrogen and oxygen atoms in total. The lowest BCUT2D eigenvalue weighted by molar-refractivity contribution is -0.142. The summed E-state index contributed by atoms with van der Waals surface area (Å²) in [7, 11) is -2.06. The SMILES string of the molecule is CCC(CNCCCS(=O)(=O)c1sc2ccc(Cl)cc2c1C)Oc1ccc(OCC(=O)OC)c(C)c1. The fourth-order valence-electron chi connectivity index (χ4n) is 3.72. The molecule has 3 rings (SSSR count). The van der Waals surface area contributed by atoms with Crippen LogP contribution in [0, 0.1) is 13.8 Å². The van der Waals surface area contributed by atoms with Crippen molar-refractivity contribution < 1.29 is 27.4 Å². The molecule has 0 saturated heterocycles. The van der Waals surface area contributed by atoms with E-state index in [-0.39, 0.29) is 18.5 Å². The lowest BCUT2D eigenvalue weighted by Gasteiger charge is -2.19. The van der Waals surface area contributed by atoms with E-state index in [1.807, 2.05) is 39.0 Å². The molecule has 1 aromatic heterocycles. The molecule has 1 atom stereocenters. The van der Waals surface area contributed by atoms with E-state index in [0.717, 1.165) is 27.6 Å². The summed E-state index contributed by atoms with van der Waals surface area (Å²) in [5.74, 6) is 0.931. The normalized spacial score (nSPS) is 12.5. The first-order chi connectivity index (χ1) is 17.1. The van der Waals surface area contributed by atoms with E-state index in [9.17, 15) is 13.2 Å². The molecule has 1 unspecified atom stereocenters. The molecular weight excluding hydrogens is 522 g/mol. The summed E-state index contributed by atoms with van der Waals surface area (Å²) < 4.78 is 43.4. The Kier molecular flexibility index (Phi) is 10.0. The van der Waals surface area contributed by atoms with Gasteiger partial charge in [0.05, 0.1) is 12.9 Å². The van der Waals surface area contributed by atoms with E-state index < -0.39 is 15.8 Å². The zero-order valence-electron chi connectivity index (χ0n) is 20.9. The van der Waals surface area contributed by atoms with Gasteiger partial charge in [0.1, 0.15) is 21.8 Å². The molecule has 0 aliphatic rings. The van der Waals surface area contributed by atoms with Crippen LogP contribution in [0.3, 0.4) is 0 Å². The Labute approximate surface area is 221 Å². The van der Waals surface area contributed by atoms with Gasteiger partial charge < -0.3 is 19.5 Å². The highest BCUT2D eigenvalue weighted by Gasteiger charge is 2.21. The van der Waals surface area contributed by atoms with E-state index in [4.69, 9.17) is 21.1 Å². The first-order valence-corrected chi connectivity index (χ1v) is 14.6. The molecule has 0 fully saturated rings. The van der Waals surface area contributed by atoms with E-state index in [1.54, 1.807) is 18.2 Å². The largest absolute Gasteiger partial charge is 0.489 e. The van der Waals surface area contributed by atoms with E-state index in [0.29, 0.717) is 40.2 Å². The molecule has 3 aromatic rings. The minimum Gasteiger partial charge on any atom is -0.489 e. The number of benzene rings is 2. The summed E-state index contributed by atoms with van der Waals surface area (Å²) in [6.07, 6.45) is 1.21. The minimum absolute atomic E-state index is 0.0718. The Bertz CT molecular complexity index is 1310. The molecule has 0 aliphatic heterocycles. The molecule has 36 heavy (non-hydrogen) atoms. The van der Waals surface area contributed by atoms with Gasteiger partial charge in [-0.05, 0) is 86.1 Å². The van der Waals surface area contributed by atoms with Crippen LogP contribution in [0.15, 0.2) is 40.6 Å². The van der Waals surface area contributed by atoms with Gasteiger partial charge >= 0.3 is 5.97 Å². The Morgan fingerprint density at radius 2 is 1.94 bits per heavy atom. The molecule has 10 heteroatoms. The number of hydrogen-bond donors (Lipinski definition) is 1. The van der Waals surface area contributed by atoms with Crippen LogP contribution >= 0.6 is 22.9 Å².